The van der Waals surface area contributed by atoms with E-state index in [9.17, 15) is 0 Å². The quantitative estimate of drug-likeness (QED) is 0.593. The van der Waals surface area contributed by atoms with Crippen LogP contribution in [0.3, 0.4) is 0 Å². The van der Waals surface area contributed by atoms with Gasteiger partial charge in [-0.1, -0.05) is 26.7 Å². The molecule has 0 spiro atoms. The van der Waals surface area contributed by atoms with Crippen molar-refractivity contribution in [3.8, 4) is 0 Å². The summed E-state index contributed by atoms with van der Waals surface area (Å²) in [6, 6.07) is 0. The molecule has 1 N–H and O–H groups in total. The molecule has 1 rings (SSSR count). The summed E-state index contributed by atoms with van der Waals surface area (Å²) in [5, 5.41) is 3.48. The number of hydrogen-bond donors (Lipinski definition) is 1. The highest BCUT2D eigenvalue weighted by atomic mass is 16.5. The normalized spacial score (nSPS) is 26.9. The van der Waals surface area contributed by atoms with Gasteiger partial charge in [0, 0.05) is 26.9 Å². The predicted molar refractivity (Wildman–Crippen MR) is 82.2 cm³/mol. The van der Waals surface area contributed by atoms with E-state index in [1.165, 1.54) is 25.7 Å². The van der Waals surface area contributed by atoms with E-state index in [0.29, 0.717) is 13.2 Å². The summed E-state index contributed by atoms with van der Waals surface area (Å²) < 4.78 is 16.7. The van der Waals surface area contributed by atoms with E-state index >= 15 is 0 Å². The summed E-state index contributed by atoms with van der Waals surface area (Å²) in [6.45, 7) is 9.40. The molecular formula is C16H33NO3. The molecule has 0 amide bonds. The van der Waals surface area contributed by atoms with Gasteiger partial charge in [-0.2, -0.15) is 0 Å². The summed E-state index contributed by atoms with van der Waals surface area (Å²) >= 11 is 0. The zero-order chi connectivity index (χ0) is 14.7. The fourth-order valence-corrected chi connectivity index (χ4v) is 3.00. The first-order chi connectivity index (χ1) is 9.72. The van der Waals surface area contributed by atoms with Gasteiger partial charge in [-0.15, -0.1) is 0 Å². The molecule has 0 aromatic rings. The lowest BCUT2D eigenvalue weighted by Gasteiger charge is -2.40. The average Bonchev–Trinajstić information content (AvgIpc) is 2.44. The molecule has 4 nitrogen and oxygen atoms in total. The van der Waals surface area contributed by atoms with Crippen molar-refractivity contribution < 1.29 is 14.2 Å². The Bertz CT molecular complexity index is 238. The van der Waals surface area contributed by atoms with E-state index < -0.39 is 0 Å². The Kier molecular flexibility index (Phi) is 9.44. The van der Waals surface area contributed by atoms with E-state index in [1.54, 1.807) is 7.11 Å². The van der Waals surface area contributed by atoms with E-state index in [1.807, 2.05) is 0 Å². The van der Waals surface area contributed by atoms with Crippen molar-refractivity contribution in [2.24, 2.45) is 5.92 Å². The van der Waals surface area contributed by atoms with Crippen LogP contribution in [0.5, 0.6) is 0 Å². The zero-order valence-corrected chi connectivity index (χ0v) is 13.6. The Balaban J connectivity index is 2.23. The second kappa shape index (κ2) is 10.6. The third kappa shape index (κ3) is 7.02. The van der Waals surface area contributed by atoms with Gasteiger partial charge in [-0.3, -0.25) is 0 Å². The molecule has 0 bridgehead atoms. The molecule has 120 valence electrons. The lowest BCUT2D eigenvalue weighted by Crippen LogP contribution is -2.46. The summed E-state index contributed by atoms with van der Waals surface area (Å²) in [7, 11) is 1.70. The molecule has 0 heterocycles. The average molecular weight is 287 g/mol. The van der Waals surface area contributed by atoms with Gasteiger partial charge in [0.1, 0.15) is 0 Å². The number of nitrogens with one attached hydrogen (secondary N) is 1. The number of rotatable bonds is 11. The van der Waals surface area contributed by atoms with Crippen molar-refractivity contribution in [2.45, 2.75) is 51.6 Å². The zero-order valence-electron chi connectivity index (χ0n) is 13.6. The number of likely N-dealkylation sites (N-methyl/N-ethyl adjacent to an activating group) is 1. The van der Waals surface area contributed by atoms with Crippen LogP contribution in [-0.4, -0.2) is 52.2 Å². The first-order valence-electron chi connectivity index (χ1n) is 8.14. The van der Waals surface area contributed by atoms with E-state index in [-0.39, 0.29) is 5.60 Å². The van der Waals surface area contributed by atoms with Gasteiger partial charge in [-0.05, 0) is 31.7 Å². The van der Waals surface area contributed by atoms with E-state index in [4.69, 9.17) is 14.2 Å². The fourth-order valence-electron chi connectivity index (χ4n) is 3.00. The smallest absolute Gasteiger partial charge is 0.0808 e. The van der Waals surface area contributed by atoms with Crippen LogP contribution in [0, 0.1) is 5.92 Å². The van der Waals surface area contributed by atoms with Crippen LogP contribution >= 0.6 is 0 Å². The molecule has 0 aromatic heterocycles. The first kappa shape index (κ1) is 17.9. The molecule has 0 aliphatic heterocycles. The van der Waals surface area contributed by atoms with Crippen LogP contribution in [-0.2, 0) is 14.2 Å². The minimum atomic E-state index is 0.0558. The second-order valence-electron chi connectivity index (χ2n) is 5.97. The number of hydrogen-bond acceptors (Lipinski definition) is 4. The molecule has 1 saturated carbocycles. The third-order valence-electron chi connectivity index (χ3n) is 4.02. The van der Waals surface area contributed by atoms with Gasteiger partial charge in [-0.25, -0.2) is 0 Å². The van der Waals surface area contributed by atoms with Gasteiger partial charge in [0.2, 0.25) is 0 Å². The predicted octanol–water partition coefficient (Wildman–Crippen LogP) is 2.61. The lowest BCUT2D eigenvalue weighted by atomic mass is 9.78. The third-order valence-corrected chi connectivity index (χ3v) is 4.02. The molecule has 1 fully saturated rings. The number of ether oxygens (including phenoxy) is 3. The molecule has 0 radical (unpaired) electrons. The highest BCUT2D eigenvalue weighted by Crippen LogP contribution is 2.34. The molecule has 0 aromatic carbocycles. The van der Waals surface area contributed by atoms with Gasteiger partial charge in [0.15, 0.2) is 0 Å². The maximum Gasteiger partial charge on any atom is 0.0808 e. The number of methoxy groups -OCH3 is 1. The lowest BCUT2D eigenvalue weighted by molar-refractivity contribution is -0.0843. The molecule has 20 heavy (non-hydrogen) atoms. The van der Waals surface area contributed by atoms with Crippen LogP contribution in [0.1, 0.15) is 46.0 Å². The molecule has 0 saturated heterocycles. The largest absolute Gasteiger partial charge is 0.382 e. The maximum atomic E-state index is 6.28. The Morgan fingerprint density at radius 2 is 2.05 bits per heavy atom. The molecule has 2 atom stereocenters. The Morgan fingerprint density at radius 3 is 2.75 bits per heavy atom. The molecular weight excluding hydrogens is 254 g/mol. The summed E-state index contributed by atoms with van der Waals surface area (Å²) in [5.74, 6) is 0.778. The second-order valence-corrected chi connectivity index (χ2v) is 5.97. The van der Waals surface area contributed by atoms with Crippen LogP contribution in [0.2, 0.25) is 0 Å². The van der Waals surface area contributed by atoms with Crippen LogP contribution in [0.4, 0.5) is 0 Å². The van der Waals surface area contributed by atoms with Crippen molar-refractivity contribution in [3.05, 3.63) is 0 Å². The summed E-state index contributed by atoms with van der Waals surface area (Å²) in [6.07, 6.45) is 5.97. The van der Waals surface area contributed by atoms with Crippen LogP contribution in [0.25, 0.3) is 0 Å². The minimum Gasteiger partial charge on any atom is -0.382 e. The maximum absolute atomic E-state index is 6.28. The van der Waals surface area contributed by atoms with Crippen molar-refractivity contribution in [3.63, 3.8) is 0 Å². The summed E-state index contributed by atoms with van der Waals surface area (Å²) in [5.41, 5.74) is 0.0558. The minimum absolute atomic E-state index is 0.0558. The van der Waals surface area contributed by atoms with Gasteiger partial charge in [0.25, 0.3) is 0 Å². The Hall–Kier alpha value is -0.160. The van der Waals surface area contributed by atoms with Crippen molar-refractivity contribution in [1.29, 1.82) is 0 Å². The highest BCUT2D eigenvalue weighted by Gasteiger charge is 2.35. The van der Waals surface area contributed by atoms with Gasteiger partial charge < -0.3 is 19.5 Å². The van der Waals surface area contributed by atoms with E-state index in [0.717, 1.165) is 38.6 Å². The Labute approximate surface area is 124 Å². The SMILES string of the molecule is CCNCC1(OCCCOCCOC)CCCC(C)C1. The van der Waals surface area contributed by atoms with E-state index in [2.05, 4.69) is 19.2 Å². The molecule has 1 aliphatic carbocycles. The van der Waals surface area contributed by atoms with Crippen molar-refractivity contribution in [2.75, 3.05) is 46.6 Å². The standard InChI is InChI=1S/C16H33NO3/c1-4-17-14-16(8-5-7-15(2)13-16)20-10-6-9-19-12-11-18-3/h15,17H,4-14H2,1-3H3. The van der Waals surface area contributed by atoms with Crippen molar-refractivity contribution in [1.82, 2.24) is 5.32 Å². The molecule has 4 heteroatoms. The summed E-state index contributed by atoms with van der Waals surface area (Å²) in [4.78, 5) is 0. The monoisotopic (exact) mass is 287 g/mol. The Morgan fingerprint density at radius 1 is 1.20 bits per heavy atom. The fraction of sp³-hybridized carbons (Fsp3) is 1.00. The highest BCUT2D eigenvalue weighted by molar-refractivity contribution is 4.89. The molecule has 2 unspecified atom stereocenters. The van der Waals surface area contributed by atoms with Crippen LogP contribution < -0.4 is 5.32 Å². The van der Waals surface area contributed by atoms with Gasteiger partial charge in [0.05, 0.1) is 18.8 Å². The topological polar surface area (TPSA) is 39.7 Å². The van der Waals surface area contributed by atoms with Crippen molar-refractivity contribution >= 4 is 0 Å². The van der Waals surface area contributed by atoms with Gasteiger partial charge >= 0.3 is 0 Å². The molecule has 1 aliphatic rings. The first-order valence-corrected chi connectivity index (χ1v) is 8.14. The van der Waals surface area contributed by atoms with Crippen LogP contribution in [0.15, 0.2) is 0 Å².